The van der Waals surface area contributed by atoms with Crippen molar-refractivity contribution in [1.29, 1.82) is 0 Å². The van der Waals surface area contributed by atoms with E-state index in [-0.39, 0.29) is 12.0 Å². The maximum atomic E-state index is 12.6. The first kappa shape index (κ1) is 32.6. The van der Waals surface area contributed by atoms with Gasteiger partial charge >= 0.3 is 6.09 Å². The predicted molar refractivity (Wildman–Crippen MR) is 176 cm³/mol. The summed E-state index contributed by atoms with van der Waals surface area (Å²) >= 11 is 0. The molecule has 5 N–H and O–H groups in total. The van der Waals surface area contributed by atoms with Crippen LogP contribution in [0.4, 0.5) is 16.6 Å². The van der Waals surface area contributed by atoms with E-state index in [0.717, 1.165) is 24.0 Å². The number of carbonyl (C=O) groups is 1. The normalized spacial score (nSPS) is 23.3. The fourth-order valence-electron chi connectivity index (χ4n) is 6.21. The van der Waals surface area contributed by atoms with Gasteiger partial charge in [0.05, 0.1) is 12.9 Å². The van der Waals surface area contributed by atoms with Gasteiger partial charge in [0.25, 0.3) is 0 Å². The molecule has 0 saturated carbocycles. The van der Waals surface area contributed by atoms with Crippen LogP contribution < -0.4 is 15.5 Å². The highest BCUT2D eigenvalue weighted by Gasteiger charge is 2.44. The van der Waals surface area contributed by atoms with E-state index in [0.29, 0.717) is 42.6 Å². The molecule has 2 aromatic heterocycles. The van der Waals surface area contributed by atoms with E-state index in [9.17, 15) is 20.1 Å². The molecule has 2 aliphatic heterocycles. The van der Waals surface area contributed by atoms with Crippen molar-refractivity contribution in [1.82, 2.24) is 24.8 Å². The van der Waals surface area contributed by atoms with Crippen molar-refractivity contribution in [2.45, 2.75) is 75.7 Å². The summed E-state index contributed by atoms with van der Waals surface area (Å²) < 4.78 is 12.9. The fraction of sp³-hybridized carbons (Fsp3) is 0.471. The Morgan fingerprint density at radius 2 is 1.72 bits per heavy atom. The van der Waals surface area contributed by atoms with Crippen LogP contribution in [-0.2, 0) is 9.47 Å². The summed E-state index contributed by atoms with van der Waals surface area (Å²) in [4.78, 5) is 29.0. The van der Waals surface area contributed by atoms with Crippen LogP contribution in [-0.4, -0.2) is 97.1 Å². The maximum Gasteiger partial charge on any atom is 0.407 e. The number of alkyl carbamates (subject to hydrolysis) is 1. The molecule has 2 aromatic carbocycles. The molecule has 47 heavy (non-hydrogen) atoms. The van der Waals surface area contributed by atoms with Crippen LogP contribution in [0.15, 0.2) is 67.0 Å². The molecule has 2 saturated heterocycles. The van der Waals surface area contributed by atoms with Crippen LogP contribution in [0, 0.1) is 0 Å². The molecule has 1 amide bonds. The molecule has 0 unspecified atom stereocenters. The maximum absolute atomic E-state index is 12.6. The van der Waals surface area contributed by atoms with Gasteiger partial charge < -0.3 is 40.3 Å². The molecule has 4 aromatic rings. The summed E-state index contributed by atoms with van der Waals surface area (Å²) in [5.41, 5.74) is 2.53. The van der Waals surface area contributed by atoms with E-state index in [4.69, 9.17) is 19.4 Å². The number of hydrogen-bond donors (Lipinski definition) is 5. The number of fused-ring (bicyclic) bond motifs is 1. The van der Waals surface area contributed by atoms with Crippen LogP contribution in [0.3, 0.4) is 0 Å². The standard InChI is InChI=1S/C34H43N7O6/c1-34(2,3)47-33(45)37-23-15-10-16-40(18-23)32-38-29(35-17-24(21-11-6-4-7-12-21)22-13-8-5-9-14-22)26-30(39-32)41(20-36-26)31-28(44)27(43)25(19-42)46-31/h4-9,11-14,20,23-25,27-28,31,42-44H,10,15-19H2,1-3H3,(H,37,45)(H,35,38,39)/t23-,25-,27-,28-,31-/m1/s1. The molecule has 0 spiro atoms. The molecular weight excluding hydrogens is 602 g/mol. The van der Waals surface area contributed by atoms with Crippen LogP contribution in [0.1, 0.15) is 56.9 Å². The monoisotopic (exact) mass is 645 g/mol. The number of ether oxygens (including phenoxy) is 2. The van der Waals surface area contributed by atoms with Gasteiger partial charge in [-0.3, -0.25) is 4.57 Å². The van der Waals surface area contributed by atoms with E-state index in [1.165, 1.54) is 6.33 Å². The second-order valence-electron chi connectivity index (χ2n) is 13.1. The highest BCUT2D eigenvalue weighted by Crippen LogP contribution is 2.34. The van der Waals surface area contributed by atoms with Crippen LogP contribution >= 0.6 is 0 Å². The van der Waals surface area contributed by atoms with E-state index < -0.39 is 42.8 Å². The first-order chi connectivity index (χ1) is 22.6. The van der Waals surface area contributed by atoms with Crippen LogP contribution in [0.5, 0.6) is 0 Å². The molecular formula is C34H43N7O6. The average molecular weight is 646 g/mol. The molecule has 250 valence electrons. The zero-order chi connectivity index (χ0) is 33.1. The third kappa shape index (κ3) is 7.33. The van der Waals surface area contributed by atoms with Crippen LogP contribution in [0.2, 0.25) is 0 Å². The summed E-state index contributed by atoms with van der Waals surface area (Å²) in [6.07, 6.45) is -1.96. The first-order valence-electron chi connectivity index (χ1n) is 16.1. The summed E-state index contributed by atoms with van der Waals surface area (Å²) in [7, 11) is 0. The number of rotatable bonds is 9. The lowest BCUT2D eigenvalue weighted by Crippen LogP contribution is -2.49. The number of piperidine rings is 1. The summed E-state index contributed by atoms with van der Waals surface area (Å²) in [5, 5.41) is 37.5. The number of imidazole rings is 1. The van der Waals surface area contributed by atoms with Gasteiger partial charge in [0.15, 0.2) is 23.2 Å². The Balaban J connectivity index is 1.34. The minimum atomic E-state index is -1.31. The number of aliphatic hydroxyl groups is 3. The van der Waals surface area contributed by atoms with Gasteiger partial charge in [-0.05, 0) is 44.7 Å². The van der Waals surface area contributed by atoms with Crippen molar-refractivity contribution in [3.63, 3.8) is 0 Å². The minimum absolute atomic E-state index is 0.00536. The zero-order valence-electron chi connectivity index (χ0n) is 26.9. The quantitative estimate of drug-likeness (QED) is 0.181. The SMILES string of the molecule is CC(C)(C)OC(=O)N[C@@H]1CCCN(c2nc(NCC(c3ccccc3)c3ccccc3)c3ncn([C@@H]4O[C@H](CO)[C@@H](O)[C@H]4O)c3n2)C1. The summed E-state index contributed by atoms with van der Waals surface area (Å²) in [6, 6.07) is 20.3. The Kier molecular flexibility index (Phi) is 9.60. The molecule has 6 rings (SSSR count). The Morgan fingerprint density at radius 3 is 2.34 bits per heavy atom. The second-order valence-corrected chi connectivity index (χ2v) is 13.1. The summed E-state index contributed by atoms with van der Waals surface area (Å²) in [6.45, 7) is 6.66. The van der Waals surface area contributed by atoms with Gasteiger partial charge in [0, 0.05) is 31.6 Å². The third-order valence-electron chi connectivity index (χ3n) is 8.50. The molecule has 0 bridgehead atoms. The number of nitrogens with one attached hydrogen (secondary N) is 2. The highest BCUT2D eigenvalue weighted by molar-refractivity contribution is 5.84. The van der Waals surface area contributed by atoms with Crippen molar-refractivity contribution >= 4 is 29.0 Å². The smallest absolute Gasteiger partial charge is 0.407 e. The lowest BCUT2D eigenvalue weighted by atomic mass is 9.91. The van der Waals surface area contributed by atoms with Gasteiger partial charge in [-0.2, -0.15) is 9.97 Å². The Hall–Kier alpha value is -4.30. The Morgan fingerprint density at radius 1 is 1.04 bits per heavy atom. The number of benzene rings is 2. The first-order valence-corrected chi connectivity index (χ1v) is 16.1. The lowest BCUT2D eigenvalue weighted by molar-refractivity contribution is -0.0511. The predicted octanol–water partition coefficient (Wildman–Crippen LogP) is 3.18. The zero-order valence-corrected chi connectivity index (χ0v) is 26.9. The number of aliphatic hydroxyl groups excluding tert-OH is 3. The Labute approximate surface area is 273 Å². The van der Waals surface area contributed by atoms with Gasteiger partial charge in [0.1, 0.15) is 23.9 Å². The number of nitrogens with zero attached hydrogens (tertiary/aromatic N) is 5. The summed E-state index contributed by atoms with van der Waals surface area (Å²) in [5.74, 6) is 0.917. The molecule has 13 heteroatoms. The van der Waals surface area contributed by atoms with Gasteiger partial charge in [-0.1, -0.05) is 60.7 Å². The number of amides is 1. The van der Waals surface area contributed by atoms with E-state index in [1.807, 2.05) is 62.1 Å². The van der Waals surface area contributed by atoms with E-state index in [1.54, 1.807) is 4.57 Å². The molecule has 2 aliphatic rings. The fourth-order valence-corrected chi connectivity index (χ4v) is 6.21. The molecule has 0 aliphatic carbocycles. The van der Waals surface area contributed by atoms with Crippen molar-refractivity contribution < 1.29 is 29.6 Å². The number of anilines is 2. The van der Waals surface area contributed by atoms with Crippen LogP contribution in [0.25, 0.3) is 11.2 Å². The molecule has 4 heterocycles. The lowest BCUT2D eigenvalue weighted by Gasteiger charge is -2.33. The van der Waals surface area contributed by atoms with Crippen molar-refractivity contribution in [2.24, 2.45) is 0 Å². The van der Waals surface area contributed by atoms with Gasteiger partial charge in [-0.25, -0.2) is 9.78 Å². The molecule has 5 atom stereocenters. The van der Waals surface area contributed by atoms with Crippen molar-refractivity contribution in [3.05, 3.63) is 78.1 Å². The van der Waals surface area contributed by atoms with Crippen molar-refractivity contribution in [2.75, 3.05) is 36.5 Å². The number of aromatic nitrogens is 4. The molecule has 13 nitrogen and oxygen atoms in total. The molecule has 2 fully saturated rings. The Bertz CT molecular complexity index is 1610. The number of hydrogen-bond acceptors (Lipinski definition) is 11. The average Bonchev–Trinajstić information content (AvgIpc) is 3.61. The van der Waals surface area contributed by atoms with Gasteiger partial charge in [0.2, 0.25) is 5.95 Å². The van der Waals surface area contributed by atoms with E-state index in [2.05, 4.69) is 39.9 Å². The minimum Gasteiger partial charge on any atom is -0.444 e. The molecule has 0 radical (unpaired) electrons. The van der Waals surface area contributed by atoms with Crippen molar-refractivity contribution in [3.8, 4) is 0 Å². The third-order valence-corrected chi connectivity index (χ3v) is 8.50. The number of carbonyl (C=O) groups excluding carboxylic acids is 1. The van der Waals surface area contributed by atoms with Gasteiger partial charge in [-0.15, -0.1) is 0 Å². The largest absolute Gasteiger partial charge is 0.444 e. The highest BCUT2D eigenvalue weighted by atomic mass is 16.6. The van der Waals surface area contributed by atoms with E-state index >= 15 is 0 Å². The second kappa shape index (κ2) is 13.8. The topological polar surface area (TPSA) is 167 Å².